The van der Waals surface area contributed by atoms with Crippen molar-refractivity contribution in [3.05, 3.63) is 11.4 Å². The highest BCUT2D eigenvalue weighted by molar-refractivity contribution is 8.13. The van der Waals surface area contributed by atoms with E-state index in [-0.39, 0.29) is 5.69 Å². The zero-order valence-electron chi connectivity index (χ0n) is 8.06. The number of carbonyl (C=O) groups is 1. The summed E-state index contributed by atoms with van der Waals surface area (Å²) < 4.78 is 23.4. The van der Waals surface area contributed by atoms with E-state index in [1.807, 2.05) is 0 Å². The van der Waals surface area contributed by atoms with Gasteiger partial charge in [0.15, 0.2) is 5.69 Å². The lowest BCUT2D eigenvalue weighted by molar-refractivity contribution is 0.0680. The number of carboxylic acid groups (broad SMARTS) is 1. The van der Waals surface area contributed by atoms with Crippen LogP contribution in [0.15, 0.2) is 4.90 Å². The van der Waals surface area contributed by atoms with E-state index in [0.717, 1.165) is 4.68 Å². The third-order valence-corrected chi connectivity index (χ3v) is 3.23. The van der Waals surface area contributed by atoms with Crippen molar-refractivity contribution in [2.75, 3.05) is 0 Å². The molecule has 1 aromatic heterocycles. The SMILES string of the molecule is CCc1nn(C)c(C(=O)O)c1S(=O)(=O)Cl. The standard InChI is InChI=1S/C7H9ClN2O4S/c1-3-4-6(15(8,13)14)5(7(11)12)10(2)9-4/h3H2,1-2H3,(H,11,12). The molecule has 84 valence electrons. The first-order valence-corrected chi connectivity index (χ1v) is 6.33. The molecule has 1 aromatic rings. The van der Waals surface area contributed by atoms with Gasteiger partial charge in [0, 0.05) is 17.7 Å². The quantitative estimate of drug-likeness (QED) is 0.796. The van der Waals surface area contributed by atoms with Gasteiger partial charge in [-0.3, -0.25) is 4.68 Å². The normalized spacial score (nSPS) is 11.7. The average Bonchev–Trinajstić information content (AvgIpc) is 2.41. The first-order valence-electron chi connectivity index (χ1n) is 4.02. The van der Waals surface area contributed by atoms with E-state index < -0.39 is 25.6 Å². The molecule has 0 aromatic carbocycles. The lowest BCUT2D eigenvalue weighted by Gasteiger charge is -1.97. The molecule has 1 rings (SSSR count). The van der Waals surface area contributed by atoms with Crippen molar-refractivity contribution in [2.24, 2.45) is 7.05 Å². The zero-order valence-corrected chi connectivity index (χ0v) is 9.63. The van der Waals surface area contributed by atoms with Crippen molar-refractivity contribution in [1.29, 1.82) is 0 Å². The van der Waals surface area contributed by atoms with Crippen LogP contribution in [0.3, 0.4) is 0 Å². The second kappa shape index (κ2) is 3.82. The van der Waals surface area contributed by atoms with Crippen LogP contribution in [0, 0.1) is 0 Å². The summed E-state index contributed by atoms with van der Waals surface area (Å²) in [6.07, 6.45) is 0.294. The van der Waals surface area contributed by atoms with Gasteiger partial charge in [-0.1, -0.05) is 6.92 Å². The summed E-state index contributed by atoms with van der Waals surface area (Å²) in [5, 5.41) is 12.6. The molecule has 0 unspecified atom stereocenters. The van der Waals surface area contributed by atoms with E-state index in [1.165, 1.54) is 7.05 Å². The summed E-state index contributed by atoms with van der Waals surface area (Å²) >= 11 is 0. The summed E-state index contributed by atoms with van der Waals surface area (Å²) in [7, 11) is 2.42. The molecule has 0 saturated carbocycles. The van der Waals surface area contributed by atoms with Crippen LogP contribution < -0.4 is 0 Å². The number of hydrogen-bond donors (Lipinski definition) is 1. The lowest BCUT2D eigenvalue weighted by atomic mass is 10.3. The van der Waals surface area contributed by atoms with Crippen molar-refractivity contribution >= 4 is 25.7 Å². The summed E-state index contributed by atoms with van der Waals surface area (Å²) in [6, 6.07) is 0. The van der Waals surface area contributed by atoms with Crippen LogP contribution in [0.2, 0.25) is 0 Å². The third-order valence-electron chi connectivity index (χ3n) is 1.85. The van der Waals surface area contributed by atoms with Gasteiger partial charge in [-0.25, -0.2) is 13.2 Å². The molecular weight excluding hydrogens is 244 g/mol. The molecule has 0 fully saturated rings. The van der Waals surface area contributed by atoms with E-state index in [2.05, 4.69) is 5.10 Å². The van der Waals surface area contributed by atoms with Crippen LogP contribution in [0.1, 0.15) is 23.1 Å². The largest absolute Gasteiger partial charge is 0.476 e. The van der Waals surface area contributed by atoms with Crippen molar-refractivity contribution in [2.45, 2.75) is 18.2 Å². The molecule has 1 heterocycles. The smallest absolute Gasteiger partial charge is 0.355 e. The Hall–Kier alpha value is -1.08. The average molecular weight is 253 g/mol. The number of aromatic carboxylic acids is 1. The van der Waals surface area contributed by atoms with E-state index in [4.69, 9.17) is 15.8 Å². The van der Waals surface area contributed by atoms with Gasteiger partial charge >= 0.3 is 5.97 Å². The van der Waals surface area contributed by atoms with Gasteiger partial charge in [0.1, 0.15) is 4.90 Å². The van der Waals surface area contributed by atoms with Crippen LogP contribution in [-0.2, 0) is 22.5 Å². The number of nitrogens with zero attached hydrogens (tertiary/aromatic N) is 2. The number of hydrogen-bond acceptors (Lipinski definition) is 4. The van der Waals surface area contributed by atoms with Gasteiger partial charge < -0.3 is 5.11 Å². The summed E-state index contributed by atoms with van der Waals surface area (Å²) in [5.74, 6) is -1.37. The molecule has 0 saturated heterocycles. The number of rotatable bonds is 3. The fraction of sp³-hybridized carbons (Fsp3) is 0.429. The highest BCUT2D eigenvalue weighted by Gasteiger charge is 2.29. The van der Waals surface area contributed by atoms with Crippen molar-refractivity contribution in [3.63, 3.8) is 0 Å². The Morgan fingerprint density at radius 1 is 1.60 bits per heavy atom. The minimum absolute atomic E-state index is 0.157. The fourth-order valence-electron chi connectivity index (χ4n) is 1.28. The predicted molar refractivity (Wildman–Crippen MR) is 52.6 cm³/mol. The number of aryl methyl sites for hydroxylation is 2. The first kappa shape index (κ1) is 12.0. The van der Waals surface area contributed by atoms with Gasteiger partial charge in [-0.05, 0) is 6.42 Å². The minimum atomic E-state index is -4.09. The Kier molecular flexibility index (Phi) is 3.05. The summed E-state index contributed by atoms with van der Waals surface area (Å²) in [5.41, 5.74) is -0.258. The van der Waals surface area contributed by atoms with Crippen LogP contribution in [0.5, 0.6) is 0 Å². The minimum Gasteiger partial charge on any atom is -0.476 e. The zero-order chi connectivity index (χ0) is 11.8. The molecule has 0 aliphatic carbocycles. The molecule has 1 N–H and O–H groups in total. The maximum atomic E-state index is 11.2. The Labute approximate surface area is 90.9 Å². The molecule has 0 aliphatic rings. The van der Waals surface area contributed by atoms with Crippen LogP contribution >= 0.6 is 10.7 Å². The summed E-state index contributed by atoms with van der Waals surface area (Å²) in [6.45, 7) is 1.67. The molecule has 15 heavy (non-hydrogen) atoms. The van der Waals surface area contributed by atoms with Crippen LogP contribution in [-0.4, -0.2) is 29.3 Å². The molecule has 0 atom stereocenters. The number of carboxylic acids is 1. The highest BCUT2D eigenvalue weighted by atomic mass is 35.7. The van der Waals surface area contributed by atoms with Gasteiger partial charge in [0.25, 0.3) is 9.05 Å². The highest BCUT2D eigenvalue weighted by Crippen LogP contribution is 2.24. The predicted octanol–water partition coefficient (Wildman–Crippen LogP) is 0.608. The molecular formula is C7H9ClN2O4S. The van der Waals surface area contributed by atoms with Gasteiger partial charge in [0.2, 0.25) is 0 Å². The van der Waals surface area contributed by atoms with E-state index in [9.17, 15) is 13.2 Å². The van der Waals surface area contributed by atoms with Gasteiger partial charge in [0.05, 0.1) is 5.69 Å². The topological polar surface area (TPSA) is 89.3 Å². The van der Waals surface area contributed by atoms with Gasteiger partial charge in [-0.15, -0.1) is 0 Å². The Balaban J connectivity index is 3.65. The van der Waals surface area contributed by atoms with Crippen molar-refractivity contribution in [1.82, 2.24) is 9.78 Å². The maximum absolute atomic E-state index is 11.2. The molecule has 8 heteroatoms. The van der Waals surface area contributed by atoms with Crippen LogP contribution in [0.25, 0.3) is 0 Å². The number of halogens is 1. The molecule has 0 amide bonds. The molecule has 0 radical (unpaired) electrons. The Morgan fingerprint density at radius 3 is 2.47 bits per heavy atom. The van der Waals surface area contributed by atoms with Crippen molar-refractivity contribution in [3.8, 4) is 0 Å². The lowest BCUT2D eigenvalue weighted by Crippen LogP contribution is -2.09. The monoisotopic (exact) mass is 252 g/mol. The fourth-order valence-corrected chi connectivity index (χ4v) is 2.69. The second-order valence-electron chi connectivity index (χ2n) is 2.84. The third kappa shape index (κ3) is 2.13. The Morgan fingerprint density at radius 2 is 2.13 bits per heavy atom. The first-order chi connectivity index (χ1) is 6.79. The van der Waals surface area contributed by atoms with Crippen molar-refractivity contribution < 1.29 is 18.3 Å². The maximum Gasteiger partial charge on any atom is 0.355 e. The van der Waals surface area contributed by atoms with Crippen LogP contribution in [0.4, 0.5) is 0 Å². The summed E-state index contributed by atoms with van der Waals surface area (Å²) in [4.78, 5) is 10.4. The van der Waals surface area contributed by atoms with E-state index >= 15 is 0 Å². The van der Waals surface area contributed by atoms with E-state index in [0.29, 0.717) is 6.42 Å². The molecule has 6 nitrogen and oxygen atoms in total. The molecule has 0 bridgehead atoms. The van der Waals surface area contributed by atoms with E-state index in [1.54, 1.807) is 6.92 Å². The number of aromatic nitrogens is 2. The molecule has 0 aliphatic heterocycles. The second-order valence-corrected chi connectivity index (χ2v) is 5.35. The molecule has 0 spiro atoms. The van der Waals surface area contributed by atoms with Gasteiger partial charge in [-0.2, -0.15) is 5.10 Å². The Bertz CT molecular complexity index is 505.